The summed E-state index contributed by atoms with van der Waals surface area (Å²) in [6.07, 6.45) is 3.31. The molecule has 2 bridgehead atoms. The molecule has 2 saturated heterocycles. The lowest BCUT2D eigenvalue weighted by Gasteiger charge is -2.25. The van der Waals surface area contributed by atoms with Crippen molar-refractivity contribution in [1.29, 1.82) is 0 Å². The van der Waals surface area contributed by atoms with Gasteiger partial charge in [-0.15, -0.1) is 12.4 Å². The van der Waals surface area contributed by atoms with E-state index in [1.165, 1.54) is 6.42 Å². The van der Waals surface area contributed by atoms with Gasteiger partial charge in [0.15, 0.2) is 5.78 Å². The average molecular weight is 371 g/mol. The smallest absolute Gasteiger partial charge is 0.254 e. The standard InChI is InChI=1S/C21H22N2O2.ClH/c24-20(15-6-2-1-3-7-15)18-8-4-5-9-19(18)21(25)23-13-12-16-10-11-17(14-23)22-16;/h1-9,16-17,22H,10-14H2;1H. The molecular weight excluding hydrogens is 348 g/mol. The van der Waals surface area contributed by atoms with Crippen molar-refractivity contribution >= 4 is 24.1 Å². The summed E-state index contributed by atoms with van der Waals surface area (Å²) in [6, 6.07) is 17.2. The van der Waals surface area contributed by atoms with Crippen LogP contribution in [0.3, 0.4) is 0 Å². The van der Waals surface area contributed by atoms with Gasteiger partial charge in [0.25, 0.3) is 5.91 Å². The van der Waals surface area contributed by atoms with Crippen LogP contribution in [0.4, 0.5) is 0 Å². The highest BCUT2D eigenvalue weighted by Crippen LogP contribution is 2.23. The van der Waals surface area contributed by atoms with Crippen LogP contribution in [0.1, 0.15) is 45.5 Å². The maximum Gasteiger partial charge on any atom is 0.254 e. The van der Waals surface area contributed by atoms with E-state index < -0.39 is 0 Å². The third-order valence-electron chi connectivity index (χ3n) is 5.25. The van der Waals surface area contributed by atoms with Crippen molar-refractivity contribution < 1.29 is 9.59 Å². The highest BCUT2D eigenvalue weighted by atomic mass is 35.5. The van der Waals surface area contributed by atoms with Crippen molar-refractivity contribution in [1.82, 2.24) is 10.2 Å². The number of amides is 1. The zero-order valence-corrected chi connectivity index (χ0v) is 15.4. The molecule has 2 heterocycles. The Kier molecular flexibility index (Phi) is 5.74. The number of nitrogens with one attached hydrogen (secondary N) is 1. The molecule has 136 valence electrons. The van der Waals surface area contributed by atoms with Crippen LogP contribution in [0.5, 0.6) is 0 Å². The second kappa shape index (κ2) is 8.02. The predicted molar refractivity (Wildman–Crippen MR) is 104 cm³/mol. The second-order valence-electron chi connectivity index (χ2n) is 6.92. The van der Waals surface area contributed by atoms with Gasteiger partial charge in [-0.2, -0.15) is 0 Å². The number of ketones is 1. The third-order valence-corrected chi connectivity index (χ3v) is 5.25. The average Bonchev–Trinajstić information content (AvgIpc) is 3.00. The number of benzene rings is 2. The first-order valence-corrected chi connectivity index (χ1v) is 8.96. The molecule has 0 spiro atoms. The molecule has 0 aromatic heterocycles. The number of hydrogen-bond acceptors (Lipinski definition) is 3. The largest absolute Gasteiger partial charge is 0.337 e. The van der Waals surface area contributed by atoms with Crippen molar-refractivity contribution in [3.05, 3.63) is 71.3 Å². The topological polar surface area (TPSA) is 49.4 Å². The van der Waals surface area contributed by atoms with Crippen LogP contribution in [0.25, 0.3) is 0 Å². The van der Waals surface area contributed by atoms with E-state index in [-0.39, 0.29) is 24.1 Å². The van der Waals surface area contributed by atoms with Crippen LogP contribution in [0, 0.1) is 0 Å². The monoisotopic (exact) mass is 370 g/mol. The Balaban J connectivity index is 0.00000196. The van der Waals surface area contributed by atoms with Gasteiger partial charge in [0, 0.05) is 36.3 Å². The zero-order valence-electron chi connectivity index (χ0n) is 14.6. The minimum atomic E-state index is -0.0981. The van der Waals surface area contributed by atoms with E-state index in [1.807, 2.05) is 35.2 Å². The van der Waals surface area contributed by atoms with Crippen LogP contribution in [0.15, 0.2) is 54.6 Å². The van der Waals surface area contributed by atoms with Gasteiger partial charge in [-0.1, -0.05) is 48.5 Å². The Morgan fingerprint density at radius 2 is 1.50 bits per heavy atom. The molecular formula is C21H23ClN2O2. The number of likely N-dealkylation sites (tertiary alicyclic amines) is 1. The fraction of sp³-hybridized carbons (Fsp3) is 0.333. The van der Waals surface area contributed by atoms with Crippen LogP contribution in [-0.2, 0) is 0 Å². The number of carbonyl (C=O) groups is 2. The minimum absolute atomic E-state index is 0. The fourth-order valence-corrected chi connectivity index (χ4v) is 3.91. The molecule has 2 fully saturated rings. The molecule has 5 heteroatoms. The van der Waals surface area contributed by atoms with Gasteiger partial charge in [0.1, 0.15) is 0 Å². The summed E-state index contributed by atoms with van der Waals surface area (Å²) in [5, 5.41) is 3.59. The Hall–Kier alpha value is -2.17. The van der Waals surface area contributed by atoms with E-state index >= 15 is 0 Å². The number of rotatable bonds is 3. The third kappa shape index (κ3) is 3.67. The maximum atomic E-state index is 13.1. The molecule has 2 aliphatic rings. The normalized spacial score (nSPS) is 21.6. The van der Waals surface area contributed by atoms with Gasteiger partial charge in [-0.05, 0) is 25.3 Å². The number of fused-ring (bicyclic) bond motifs is 2. The lowest BCUT2D eigenvalue weighted by Crippen LogP contribution is -2.39. The van der Waals surface area contributed by atoms with Crippen molar-refractivity contribution in [2.45, 2.75) is 31.3 Å². The van der Waals surface area contributed by atoms with E-state index in [2.05, 4.69) is 5.32 Å². The number of nitrogens with zero attached hydrogens (tertiary/aromatic N) is 1. The molecule has 1 amide bonds. The van der Waals surface area contributed by atoms with Gasteiger partial charge >= 0.3 is 0 Å². The SMILES string of the molecule is Cl.O=C(c1ccccc1)c1ccccc1C(=O)N1CCC2CCC(C1)N2. The number of carbonyl (C=O) groups excluding carboxylic acids is 2. The molecule has 2 aromatic carbocycles. The number of hydrogen-bond donors (Lipinski definition) is 1. The van der Waals surface area contributed by atoms with Crippen LogP contribution >= 0.6 is 12.4 Å². The van der Waals surface area contributed by atoms with Crippen LogP contribution < -0.4 is 5.32 Å². The summed E-state index contributed by atoms with van der Waals surface area (Å²) in [4.78, 5) is 27.9. The van der Waals surface area contributed by atoms with E-state index in [0.29, 0.717) is 28.8 Å². The molecule has 2 aromatic rings. The molecule has 0 saturated carbocycles. The molecule has 0 aliphatic carbocycles. The summed E-state index contributed by atoms with van der Waals surface area (Å²) in [6.45, 7) is 1.48. The summed E-state index contributed by atoms with van der Waals surface area (Å²) in [5.74, 6) is -0.131. The van der Waals surface area contributed by atoms with Crippen molar-refractivity contribution in [2.75, 3.05) is 13.1 Å². The van der Waals surface area contributed by atoms with Crippen molar-refractivity contribution in [3.63, 3.8) is 0 Å². The first-order chi connectivity index (χ1) is 12.2. The van der Waals surface area contributed by atoms with E-state index in [1.54, 1.807) is 24.3 Å². The Bertz CT molecular complexity index is 794. The maximum absolute atomic E-state index is 13.1. The van der Waals surface area contributed by atoms with Gasteiger partial charge in [-0.25, -0.2) is 0 Å². The molecule has 2 atom stereocenters. The van der Waals surface area contributed by atoms with Gasteiger partial charge in [0.05, 0.1) is 5.56 Å². The molecule has 2 aliphatic heterocycles. The lowest BCUT2D eigenvalue weighted by atomic mass is 9.97. The van der Waals surface area contributed by atoms with Crippen molar-refractivity contribution in [2.24, 2.45) is 0 Å². The van der Waals surface area contributed by atoms with Crippen LogP contribution in [0.2, 0.25) is 0 Å². The van der Waals surface area contributed by atoms with Gasteiger partial charge < -0.3 is 10.2 Å². The molecule has 4 rings (SSSR count). The Morgan fingerprint density at radius 3 is 2.27 bits per heavy atom. The second-order valence-corrected chi connectivity index (χ2v) is 6.92. The van der Waals surface area contributed by atoms with E-state index in [4.69, 9.17) is 0 Å². The Labute approximate surface area is 160 Å². The van der Waals surface area contributed by atoms with E-state index in [0.717, 1.165) is 25.9 Å². The van der Waals surface area contributed by atoms with Crippen molar-refractivity contribution in [3.8, 4) is 0 Å². The van der Waals surface area contributed by atoms with Gasteiger partial charge in [-0.3, -0.25) is 9.59 Å². The molecule has 0 radical (unpaired) electrons. The zero-order chi connectivity index (χ0) is 17.2. The fourth-order valence-electron chi connectivity index (χ4n) is 3.91. The van der Waals surface area contributed by atoms with E-state index in [9.17, 15) is 9.59 Å². The lowest BCUT2D eigenvalue weighted by molar-refractivity contribution is 0.0744. The Morgan fingerprint density at radius 1 is 0.846 bits per heavy atom. The molecule has 26 heavy (non-hydrogen) atoms. The van der Waals surface area contributed by atoms with Crippen LogP contribution in [-0.4, -0.2) is 41.8 Å². The summed E-state index contributed by atoms with van der Waals surface area (Å²) < 4.78 is 0. The quantitative estimate of drug-likeness (QED) is 0.843. The first kappa shape index (κ1) is 18.6. The highest BCUT2D eigenvalue weighted by molar-refractivity contribution is 6.15. The molecule has 1 N–H and O–H groups in total. The summed E-state index contributed by atoms with van der Waals surface area (Å²) >= 11 is 0. The summed E-state index contributed by atoms with van der Waals surface area (Å²) in [7, 11) is 0. The minimum Gasteiger partial charge on any atom is -0.337 e. The predicted octanol–water partition coefficient (Wildman–Crippen LogP) is 3.31. The van der Waals surface area contributed by atoms with Gasteiger partial charge in [0.2, 0.25) is 0 Å². The highest BCUT2D eigenvalue weighted by Gasteiger charge is 2.32. The summed E-state index contributed by atoms with van der Waals surface area (Å²) in [5.41, 5.74) is 1.61. The molecule has 4 nitrogen and oxygen atoms in total. The molecule has 2 unspecified atom stereocenters. The number of halogens is 1. The first-order valence-electron chi connectivity index (χ1n) is 8.96.